The van der Waals surface area contributed by atoms with Gasteiger partial charge in [-0.2, -0.15) is 0 Å². The second-order valence-corrected chi connectivity index (χ2v) is 5.76. The maximum absolute atomic E-state index is 4.22. The number of hydrogen-bond donors (Lipinski definition) is 0. The van der Waals surface area contributed by atoms with E-state index in [1.54, 1.807) is 0 Å². The standard InChI is InChI=1S/C11H14BrN3/c1-11(2,3)7-9-13-14-10-8(12)5-4-6-15(9)10/h4-6H,7H2,1-3H3. The van der Waals surface area contributed by atoms with Gasteiger partial charge >= 0.3 is 0 Å². The molecule has 0 bridgehead atoms. The maximum Gasteiger partial charge on any atom is 0.175 e. The first-order valence-electron chi connectivity index (χ1n) is 4.95. The summed E-state index contributed by atoms with van der Waals surface area (Å²) in [6, 6.07) is 3.97. The molecular weight excluding hydrogens is 254 g/mol. The van der Waals surface area contributed by atoms with Crippen molar-refractivity contribution in [3.8, 4) is 0 Å². The third-order valence-corrected chi connectivity index (χ3v) is 2.77. The van der Waals surface area contributed by atoms with Crippen molar-refractivity contribution in [3.63, 3.8) is 0 Å². The lowest BCUT2D eigenvalue weighted by molar-refractivity contribution is 0.399. The van der Waals surface area contributed by atoms with E-state index in [1.165, 1.54) is 0 Å². The minimum absolute atomic E-state index is 0.227. The highest BCUT2D eigenvalue weighted by Crippen LogP contribution is 2.22. The van der Waals surface area contributed by atoms with Crippen LogP contribution in [0.4, 0.5) is 0 Å². The number of aromatic nitrogens is 3. The van der Waals surface area contributed by atoms with Crippen molar-refractivity contribution < 1.29 is 0 Å². The molecule has 0 saturated heterocycles. The summed E-state index contributed by atoms with van der Waals surface area (Å²) < 4.78 is 3.02. The van der Waals surface area contributed by atoms with Crippen LogP contribution in [-0.4, -0.2) is 14.6 Å². The Kier molecular flexibility index (Phi) is 2.54. The number of halogens is 1. The zero-order valence-electron chi connectivity index (χ0n) is 9.16. The van der Waals surface area contributed by atoms with Crippen molar-refractivity contribution in [1.29, 1.82) is 0 Å². The Morgan fingerprint density at radius 3 is 2.73 bits per heavy atom. The largest absolute Gasteiger partial charge is 0.285 e. The molecule has 0 amide bonds. The van der Waals surface area contributed by atoms with Crippen LogP contribution in [0.2, 0.25) is 0 Å². The van der Waals surface area contributed by atoms with Crippen LogP contribution < -0.4 is 0 Å². The Morgan fingerprint density at radius 1 is 1.33 bits per heavy atom. The fraction of sp³-hybridized carbons (Fsp3) is 0.455. The molecular formula is C11H14BrN3. The molecule has 2 aromatic heterocycles. The van der Waals surface area contributed by atoms with Gasteiger partial charge in [0.1, 0.15) is 5.82 Å². The van der Waals surface area contributed by atoms with E-state index in [2.05, 4.69) is 46.9 Å². The average Bonchev–Trinajstić information content (AvgIpc) is 2.48. The van der Waals surface area contributed by atoms with Gasteiger partial charge in [-0.05, 0) is 33.5 Å². The Morgan fingerprint density at radius 2 is 2.07 bits per heavy atom. The third-order valence-electron chi connectivity index (χ3n) is 2.15. The van der Waals surface area contributed by atoms with Gasteiger partial charge in [-0.15, -0.1) is 10.2 Å². The lowest BCUT2D eigenvalue weighted by Gasteiger charge is -2.16. The highest BCUT2D eigenvalue weighted by atomic mass is 79.9. The summed E-state index contributed by atoms with van der Waals surface area (Å²) in [5.74, 6) is 1.01. The highest BCUT2D eigenvalue weighted by molar-refractivity contribution is 9.10. The summed E-state index contributed by atoms with van der Waals surface area (Å²) in [7, 11) is 0. The number of fused-ring (bicyclic) bond motifs is 1. The number of rotatable bonds is 1. The number of hydrogen-bond acceptors (Lipinski definition) is 2. The quantitative estimate of drug-likeness (QED) is 0.795. The summed E-state index contributed by atoms with van der Waals surface area (Å²) >= 11 is 3.47. The van der Waals surface area contributed by atoms with Crippen molar-refractivity contribution in [3.05, 3.63) is 28.6 Å². The van der Waals surface area contributed by atoms with E-state index in [-0.39, 0.29) is 5.41 Å². The van der Waals surface area contributed by atoms with E-state index in [0.29, 0.717) is 0 Å². The smallest absolute Gasteiger partial charge is 0.175 e. The van der Waals surface area contributed by atoms with Gasteiger partial charge in [-0.3, -0.25) is 4.40 Å². The van der Waals surface area contributed by atoms with Crippen molar-refractivity contribution in [1.82, 2.24) is 14.6 Å². The van der Waals surface area contributed by atoms with E-state index in [4.69, 9.17) is 0 Å². The summed E-state index contributed by atoms with van der Waals surface area (Å²) in [5, 5.41) is 8.39. The molecule has 2 heterocycles. The fourth-order valence-corrected chi connectivity index (χ4v) is 1.95. The summed E-state index contributed by atoms with van der Waals surface area (Å²) in [4.78, 5) is 0. The number of pyridine rings is 1. The molecule has 15 heavy (non-hydrogen) atoms. The first-order chi connectivity index (χ1) is 6.97. The van der Waals surface area contributed by atoms with Crippen LogP contribution in [0.3, 0.4) is 0 Å². The molecule has 0 aliphatic rings. The van der Waals surface area contributed by atoms with Crippen molar-refractivity contribution in [2.45, 2.75) is 27.2 Å². The van der Waals surface area contributed by atoms with Crippen LogP contribution >= 0.6 is 15.9 Å². The molecule has 0 aromatic carbocycles. The highest BCUT2D eigenvalue weighted by Gasteiger charge is 2.16. The lowest BCUT2D eigenvalue weighted by Crippen LogP contribution is -2.11. The van der Waals surface area contributed by atoms with Crippen LogP contribution in [0.1, 0.15) is 26.6 Å². The average molecular weight is 268 g/mol. The van der Waals surface area contributed by atoms with E-state index in [9.17, 15) is 0 Å². The van der Waals surface area contributed by atoms with Gasteiger partial charge in [0.05, 0.1) is 4.47 Å². The molecule has 0 radical (unpaired) electrons. The van der Waals surface area contributed by atoms with Crippen molar-refractivity contribution in [2.75, 3.05) is 0 Å². The second-order valence-electron chi connectivity index (χ2n) is 4.90. The topological polar surface area (TPSA) is 30.2 Å². The molecule has 0 saturated carbocycles. The first kappa shape index (κ1) is 10.6. The molecule has 0 N–H and O–H groups in total. The normalized spacial score (nSPS) is 12.3. The maximum atomic E-state index is 4.22. The minimum Gasteiger partial charge on any atom is -0.285 e. The van der Waals surface area contributed by atoms with Crippen LogP contribution in [0, 0.1) is 5.41 Å². The van der Waals surface area contributed by atoms with Gasteiger partial charge in [0, 0.05) is 12.6 Å². The van der Waals surface area contributed by atoms with Gasteiger partial charge in [0.15, 0.2) is 5.65 Å². The van der Waals surface area contributed by atoms with Gasteiger partial charge < -0.3 is 0 Å². The lowest BCUT2D eigenvalue weighted by atomic mass is 9.92. The molecule has 0 unspecified atom stereocenters. The van der Waals surface area contributed by atoms with Gasteiger partial charge in [-0.25, -0.2) is 0 Å². The molecule has 0 atom stereocenters. The van der Waals surface area contributed by atoms with Crippen LogP contribution in [0.5, 0.6) is 0 Å². The van der Waals surface area contributed by atoms with E-state index < -0.39 is 0 Å². The van der Waals surface area contributed by atoms with Crippen LogP contribution in [0.25, 0.3) is 5.65 Å². The summed E-state index contributed by atoms with van der Waals surface area (Å²) in [6.07, 6.45) is 2.92. The third kappa shape index (κ3) is 2.20. The molecule has 3 nitrogen and oxygen atoms in total. The van der Waals surface area contributed by atoms with Gasteiger partial charge in [-0.1, -0.05) is 20.8 Å². The predicted molar refractivity (Wildman–Crippen MR) is 63.8 cm³/mol. The summed E-state index contributed by atoms with van der Waals surface area (Å²) in [5.41, 5.74) is 1.11. The number of nitrogens with zero attached hydrogens (tertiary/aromatic N) is 3. The second kappa shape index (κ2) is 3.59. The molecule has 80 valence electrons. The van der Waals surface area contributed by atoms with Crippen LogP contribution in [0.15, 0.2) is 22.8 Å². The van der Waals surface area contributed by atoms with Gasteiger partial charge in [0.25, 0.3) is 0 Å². The molecule has 2 aromatic rings. The zero-order chi connectivity index (χ0) is 11.1. The monoisotopic (exact) mass is 267 g/mol. The molecule has 0 fully saturated rings. The summed E-state index contributed by atoms with van der Waals surface area (Å²) in [6.45, 7) is 6.60. The molecule has 0 aliphatic heterocycles. The fourth-order valence-electron chi connectivity index (χ4n) is 1.53. The minimum atomic E-state index is 0.227. The molecule has 2 rings (SSSR count). The Hall–Kier alpha value is -0.900. The SMILES string of the molecule is CC(C)(C)Cc1nnc2c(Br)cccn12. The van der Waals surface area contributed by atoms with Crippen molar-refractivity contribution >= 4 is 21.6 Å². The van der Waals surface area contributed by atoms with Gasteiger partial charge in [0.2, 0.25) is 0 Å². The van der Waals surface area contributed by atoms with E-state index in [1.807, 2.05) is 22.7 Å². The molecule has 4 heteroatoms. The Labute approximate surface area is 97.6 Å². The van der Waals surface area contributed by atoms with E-state index >= 15 is 0 Å². The van der Waals surface area contributed by atoms with Crippen molar-refractivity contribution in [2.24, 2.45) is 5.41 Å². The van der Waals surface area contributed by atoms with Crippen LogP contribution in [-0.2, 0) is 6.42 Å². The molecule has 0 spiro atoms. The Bertz CT molecular complexity index is 482. The first-order valence-corrected chi connectivity index (χ1v) is 5.75. The predicted octanol–water partition coefficient (Wildman–Crippen LogP) is 3.08. The molecule has 0 aliphatic carbocycles. The Balaban J connectivity index is 2.50. The zero-order valence-corrected chi connectivity index (χ0v) is 10.7. The van der Waals surface area contributed by atoms with E-state index in [0.717, 1.165) is 22.4 Å².